The lowest BCUT2D eigenvalue weighted by atomic mass is 10.1. The van der Waals surface area contributed by atoms with Crippen molar-refractivity contribution in [3.63, 3.8) is 0 Å². The third-order valence-electron chi connectivity index (χ3n) is 3.48. The lowest BCUT2D eigenvalue weighted by Gasteiger charge is -2.23. The van der Waals surface area contributed by atoms with Crippen LogP contribution >= 0.6 is 11.5 Å². The molecular formula is C11H17N3O3S2. The van der Waals surface area contributed by atoms with E-state index in [2.05, 4.69) is 9.69 Å². The summed E-state index contributed by atoms with van der Waals surface area (Å²) in [6.07, 6.45) is 3.21. The Morgan fingerprint density at radius 1 is 1.26 bits per heavy atom. The first-order valence-corrected chi connectivity index (χ1v) is 8.74. The topological polar surface area (TPSA) is 94.3 Å². The average Bonchev–Trinajstić information content (AvgIpc) is 3.17. The van der Waals surface area contributed by atoms with Crippen molar-refractivity contribution in [1.29, 1.82) is 0 Å². The Morgan fingerprint density at radius 2 is 1.95 bits per heavy atom. The van der Waals surface area contributed by atoms with Gasteiger partial charge in [-0.25, -0.2) is 8.42 Å². The van der Waals surface area contributed by atoms with E-state index in [1.54, 1.807) is 0 Å². The molecule has 2 fully saturated rings. The summed E-state index contributed by atoms with van der Waals surface area (Å²) in [5.41, 5.74) is 5.75. The maximum absolute atomic E-state index is 12.4. The first kappa shape index (κ1) is 13.1. The zero-order chi connectivity index (χ0) is 13.5. The van der Waals surface area contributed by atoms with Crippen molar-refractivity contribution in [2.75, 3.05) is 24.3 Å². The quantitative estimate of drug-likeness (QED) is 0.869. The second-order valence-electron chi connectivity index (χ2n) is 5.00. The molecule has 0 spiro atoms. The maximum Gasteiger partial charge on any atom is 0.187 e. The van der Waals surface area contributed by atoms with E-state index < -0.39 is 9.84 Å². The maximum atomic E-state index is 12.4. The van der Waals surface area contributed by atoms with Crippen LogP contribution in [0, 0.1) is 0 Å². The average molecular weight is 303 g/mol. The van der Waals surface area contributed by atoms with Crippen LogP contribution < -0.4 is 11.1 Å². The van der Waals surface area contributed by atoms with Crippen LogP contribution in [0.15, 0.2) is 4.90 Å². The Balaban J connectivity index is 1.85. The number of rotatable bonds is 4. The van der Waals surface area contributed by atoms with Gasteiger partial charge in [0.2, 0.25) is 0 Å². The van der Waals surface area contributed by atoms with E-state index in [0.717, 1.165) is 37.2 Å². The fraction of sp³-hybridized carbons (Fsp3) is 0.727. The van der Waals surface area contributed by atoms with E-state index in [4.69, 9.17) is 10.5 Å². The van der Waals surface area contributed by atoms with E-state index in [1.165, 1.54) is 0 Å². The zero-order valence-corrected chi connectivity index (χ0v) is 12.1. The normalized spacial score (nSPS) is 21.5. The summed E-state index contributed by atoms with van der Waals surface area (Å²) in [6.45, 7) is 1.41. The number of nitrogens with two attached hydrogens (primary N) is 1. The molecule has 0 atom stereocenters. The van der Waals surface area contributed by atoms with Crippen LogP contribution in [0.5, 0.6) is 0 Å². The monoisotopic (exact) mass is 303 g/mol. The lowest BCUT2D eigenvalue weighted by Crippen LogP contribution is -2.28. The van der Waals surface area contributed by atoms with E-state index >= 15 is 0 Å². The molecule has 0 amide bonds. The molecule has 6 nitrogen and oxygen atoms in total. The number of hydrogen-bond acceptors (Lipinski definition) is 7. The fourth-order valence-electron chi connectivity index (χ4n) is 2.23. The minimum absolute atomic E-state index is 0.131. The van der Waals surface area contributed by atoms with Gasteiger partial charge in [0.1, 0.15) is 9.90 Å². The molecule has 1 aromatic heterocycles. The molecule has 2 aliphatic rings. The number of sulfone groups is 1. The number of nitrogens with zero attached hydrogens (tertiary/aromatic N) is 1. The van der Waals surface area contributed by atoms with Gasteiger partial charge in [-0.3, -0.25) is 0 Å². The molecule has 19 heavy (non-hydrogen) atoms. The molecule has 0 radical (unpaired) electrons. The van der Waals surface area contributed by atoms with Gasteiger partial charge in [0.25, 0.3) is 0 Å². The van der Waals surface area contributed by atoms with E-state index in [1.807, 2.05) is 0 Å². The third-order valence-corrected chi connectivity index (χ3v) is 6.73. The molecule has 1 saturated heterocycles. The van der Waals surface area contributed by atoms with Gasteiger partial charge in [-0.15, -0.1) is 0 Å². The molecule has 0 aromatic carbocycles. The Hall–Kier alpha value is -0.860. The summed E-state index contributed by atoms with van der Waals surface area (Å²) < 4.78 is 34.0. The van der Waals surface area contributed by atoms with Crippen molar-refractivity contribution in [2.24, 2.45) is 0 Å². The van der Waals surface area contributed by atoms with Gasteiger partial charge in [-0.05, 0) is 37.2 Å². The third kappa shape index (κ3) is 2.56. The molecule has 106 valence electrons. The largest absolute Gasteiger partial charge is 0.382 e. The Morgan fingerprint density at radius 3 is 2.58 bits per heavy atom. The van der Waals surface area contributed by atoms with Gasteiger partial charge >= 0.3 is 0 Å². The number of hydrogen-bond donors (Lipinski definition) is 2. The highest BCUT2D eigenvalue weighted by atomic mass is 32.2. The molecule has 3 rings (SSSR count). The van der Waals surface area contributed by atoms with Crippen LogP contribution in [0.1, 0.15) is 25.7 Å². The predicted molar refractivity (Wildman–Crippen MR) is 74.2 cm³/mol. The molecule has 8 heteroatoms. The molecule has 1 saturated carbocycles. The van der Waals surface area contributed by atoms with Crippen molar-refractivity contribution < 1.29 is 13.2 Å². The Bertz CT molecular complexity index is 560. The zero-order valence-electron chi connectivity index (χ0n) is 10.5. The summed E-state index contributed by atoms with van der Waals surface area (Å²) in [6, 6.07) is 0.238. The summed E-state index contributed by atoms with van der Waals surface area (Å²) in [7, 11) is -3.31. The second kappa shape index (κ2) is 4.92. The van der Waals surface area contributed by atoms with Crippen molar-refractivity contribution in [3.05, 3.63) is 0 Å². The summed E-state index contributed by atoms with van der Waals surface area (Å²) in [5, 5.41) is 3.61. The number of nitrogens with one attached hydrogen (secondary N) is 1. The highest BCUT2D eigenvalue weighted by molar-refractivity contribution is 7.92. The van der Waals surface area contributed by atoms with Crippen molar-refractivity contribution in [2.45, 2.75) is 41.9 Å². The molecule has 0 bridgehead atoms. The van der Waals surface area contributed by atoms with Crippen LogP contribution in [0.3, 0.4) is 0 Å². The summed E-state index contributed by atoms with van der Waals surface area (Å²) in [5.74, 6) is 0.131. The standard InChI is InChI=1S/C11H17N3O3S2/c12-10-9(19(15,16)8-1-2-8)11(18-14-10)13-7-3-5-17-6-4-7/h7-8,13H,1-6H2,(H2,12,14). The first-order valence-electron chi connectivity index (χ1n) is 6.42. The smallest absolute Gasteiger partial charge is 0.187 e. The van der Waals surface area contributed by atoms with Crippen molar-refractivity contribution in [3.8, 4) is 0 Å². The first-order chi connectivity index (χ1) is 9.09. The number of aromatic nitrogens is 1. The molecule has 1 aromatic rings. The summed E-state index contributed by atoms with van der Waals surface area (Å²) >= 11 is 1.14. The van der Waals surface area contributed by atoms with Gasteiger partial charge in [0, 0.05) is 19.3 Å². The predicted octanol–water partition coefficient (Wildman–Crippen LogP) is 1.25. The lowest BCUT2D eigenvalue weighted by molar-refractivity contribution is 0.0905. The highest BCUT2D eigenvalue weighted by Gasteiger charge is 2.41. The molecule has 0 unspecified atom stereocenters. The van der Waals surface area contributed by atoms with Crippen LogP contribution in [0.25, 0.3) is 0 Å². The van der Waals surface area contributed by atoms with E-state index in [-0.39, 0.29) is 22.0 Å². The van der Waals surface area contributed by atoms with Crippen molar-refractivity contribution >= 4 is 32.2 Å². The van der Waals surface area contributed by atoms with Crippen LogP contribution in [0.4, 0.5) is 10.8 Å². The summed E-state index contributed by atoms with van der Waals surface area (Å²) in [4.78, 5) is 0.214. The molecule has 1 aliphatic heterocycles. The SMILES string of the molecule is Nc1nsc(NC2CCOCC2)c1S(=O)(=O)C1CC1. The van der Waals surface area contributed by atoms with Crippen LogP contribution in [-0.4, -0.2) is 37.3 Å². The van der Waals surface area contributed by atoms with Gasteiger partial charge in [0.05, 0.1) is 5.25 Å². The number of nitrogen functional groups attached to an aromatic ring is 1. The van der Waals surface area contributed by atoms with E-state index in [0.29, 0.717) is 18.2 Å². The Labute approximate surface area is 116 Å². The van der Waals surface area contributed by atoms with Crippen LogP contribution in [0.2, 0.25) is 0 Å². The van der Waals surface area contributed by atoms with E-state index in [9.17, 15) is 8.42 Å². The van der Waals surface area contributed by atoms with Gasteiger partial charge < -0.3 is 15.8 Å². The molecule has 2 heterocycles. The molecule has 3 N–H and O–H groups in total. The molecular weight excluding hydrogens is 286 g/mol. The second-order valence-corrected chi connectivity index (χ2v) is 7.94. The Kier molecular flexibility index (Phi) is 3.40. The van der Waals surface area contributed by atoms with Crippen LogP contribution in [-0.2, 0) is 14.6 Å². The fourth-order valence-corrected chi connectivity index (χ4v) is 5.18. The number of anilines is 2. The minimum Gasteiger partial charge on any atom is -0.382 e. The van der Waals surface area contributed by atoms with Gasteiger partial charge in [-0.2, -0.15) is 4.37 Å². The highest BCUT2D eigenvalue weighted by Crippen LogP contribution is 2.41. The van der Waals surface area contributed by atoms with Gasteiger partial charge in [0.15, 0.2) is 15.7 Å². The minimum atomic E-state index is -3.31. The van der Waals surface area contributed by atoms with Crippen molar-refractivity contribution in [1.82, 2.24) is 4.37 Å². The molecule has 1 aliphatic carbocycles. The number of ether oxygens (including phenoxy) is 1. The van der Waals surface area contributed by atoms with Gasteiger partial charge in [-0.1, -0.05) is 0 Å².